The van der Waals surface area contributed by atoms with Crippen molar-refractivity contribution in [3.05, 3.63) is 35.0 Å². The SMILES string of the molecule is Cc1c(C)n(C)c2ccc(C(=O)NC3CC3)cc12. The Morgan fingerprint density at radius 3 is 2.72 bits per heavy atom. The second kappa shape index (κ2) is 3.87. The lowest BCUT2D eigenvalue weighted by molar-refractivity contribution is 0.0951. The summed E-state index contributed by atoms with van der Waals surface area (Å²) >= 11 is 0. The molecule has 1 aromatic carbocycles. The molecule has 3 nitrogen and oxygen atoms in total. The van der Waals surface area contributed by atoms with Gasteiger partial charge in [0.15, 0.2) is 0 Å². The van der Waals surface area contributed by atoms with E-state index in [0.717, 1.165) is 18.4 Å². The van der Waals surface area contributed by atoms with Gasteiger partial charge in [-0.2, -0.15) is 0 Å². The van der Waals surface area contributed by atoms with E-state index < -0.39 is 0 Å². The quantitative estimate of drug-likeness (QED) is 0.863. The summed E-state index contributed by atoms with van der Waals surface area (Å²) in [5.74, 6) is 0.0558. The van der Waals surface area contributed by atoms with Gasteiger partial charge in [-0.1, -0.05) is 0 Å². The number of nitrogens with zero attached hydrogens (tertiary/aromatic N) is 1. The average molecular weight is 242 g/mol. The number of amides is 1. The van der Waals surface area contributed by atoms with E-state index in [1.54, 1.807) is 0 Å². The maximum absolute atomic E-state index is 12.0. The van der Waals surface area contributed by atoms with Crippen LogP contribution in [0.3, 0.4) is 0 Å². The van der Waals surface area contributed by atoms with Crippen LogP contribution in [0.15, 0.2) is 18.2 Å². The number of fused-ring (bicyclic) bond motifs is 1. The summed E-state index contributed by atoms with van der Waals surface area (Å²) in [6.45, 7) is 4.22. The third-order valence-corrected chi connectivity index (χ3v) is 3.98. The van der Waals surface area contributed by atoms with Crippen LogP contribution in [-0.4, -0.2) is 16.5 Å². The van der Waals surface area contributed by atoms with Gasteiger partial charge in [-0.25, -0.2) is 0 Å². The molecule has 1 fully saturated rings. The Balaban J connectivity index is 2.04. The topological polar surface area (TPSA) is 34.0 Å². The molecule has 1 aliphatic rings. The van der Waals surface area contributed by atoms with Gasteiger partial charge in [-0.05, 0) is 50.5 Å². The monoisotopic (exact) mass is 242 g/mol. The third-order valence-electron chi connectivity index (χ3n) is 3.98. The van der Waals surface area contributed by atoms with Crippen LogP contribution in [0.2, 0.25) is 0 Å². The molecular formula is C15H18N2O. The predicted octanol–water partition coefficient (Wildman–Crippen LogP) is 2.69. The Bertz CT molecular complexity index is 635. The molecule has 2 aromatic rings. The number of rotatable bonds is 2. The number of nitrogens with one attached hydrogen (secondary N) is 1. The molecule has 1 N–H and O–H groups in total. The Morgan fingerprint density at radius 1 is 1.33 bits per heavy atom. The molecule has 1 saturated carbocycles. The van der Waals surface area contributed by atoms with Crippen LogP contribution in [0.1, 0.15) is 34.5 Å². The lowest BCUT2D eigenvalue weighted by Crippen LogP contribution is -2.25. The van der Waals surface area contributed by atoms with Crippen molar-refractivity contribution in [2.24, 2.45) is 7.05 Å². The van der Waals surface area contributed by atoms with Gasteiger partial charge in [0.25, 0.3) is 5.91 Å². The first-order valence-electron chi connectivity index (χ1n) is 6.44. The van der Waals surface area contributed by atoms with Gasteiger partial charge in [-0.3, -0.25) is 4.79 Å². The summed E-state index contributed by atoms with van der Waals surface area (Å²) in [4.78, 5) is 12.0. The van der Waals surface area contributed by atoms with Crippen molar-refractivity contribution in [2.75, 3.05) is 0 Å². The number of benzene rings is 1. The Labute approximate surface area is 107 Å². The zero-order valence-corrected chi connectivity index (χ0v) is 11.1. The average Bonchev–Trinajstić information content (AvgIpc) is 3.15. The minimum absolute atomic E-state index is 0.0558. The first kappa shape index (κ1) is 11.3. The number of carbonyl (C=O) groups is 1. The van der Waals surface area contributed by atoms with E-state index in [1.807, 2.05) is 18.2 Å². The molecule has 0 radical (unpaired) electrons. The second-order valence-corrected chi connectivity index (χ2v) is 5.25. The number of carbonyl (C=O) groups excluding carboxylic acids is 1. The van der Waals surface area contributed by atoms with Crippen LogP contribution in [0, 0.1) is 13.8 Å². The van der Waals surface area contributed by atoms with Crippen LogP contribution in [0.4, 0.5) is 0 Å². The highest BCUT2D eigenvalue weighted by Gasteiger charge is 2.24. The van der Waals surface area contributed by atoms with E-state index in [1.165, 1.54) is 22.2 Å². The van der Waals surface area contributed by atoms with Crippen molar-refractivity contribution < 1.29 is 4.79 Å². The van der Waals surface area contributed by atoms with Crippen LogP contribution >= 0.6 is 0 Å². The number of aryl methyl sites for hydroxylation is 2. The third kappa shape index (κ3) is 1.70. The first-order valence-corrected chi connectivity index (χ1v) is 6.44. The molecule has 3 rings (SSSR count). The molecular weight excluding hydrogens is 224 g/mol. The Kier molecular flexibility index (Phi) is 2.44. The highest BCUT2D eigenvalue weighted by atomic mass is 16.1. The molecule has 1 aliphatic carbocycles. The van der Waals surface area contributed by atoms with E-state index >= 15 is 0 Å². The van der Waals surface area contributed by atoms with Crippen molar-refractivity contribution in [3.8, 4) is 0 Å². The summed E-state index contributed by atoms with van der Waals surface area (Å²) in [6.07, 6.45) is 2.24. The van der Waals surface area contributed by atoms with Gasteiger partial charge >= 0.3 is 0 Å². The molecule has 0 bridgehead atoms. The van der Waals surface area contributed by atoms with E-state index in [9.17, 15) is 4.79 Å². The maximum Gasteiger partial charge on any atom is 0.251 e. The van der Waals surface area contributed by atoms with Gasteiger partial charge in [0.1, 0.15) is 0 Å². The van der Waals surface area contributed by atoms with Crippen molar-refractivity contribution in [1.82, 2.24) is 9.88 Å². The minimum Gasteiger partial charge on any atom is -0.349 e. The summed E-state index contributed by atoms with van der Waals surface area (Å²) in [7, 11) is 2.06. The van der Waals surface area contributed by atoms with Gasteiger partial charge < -0.3 is 9.88 Å². The molecule has 0 aliphatic heterocycles. The largest absolute Gasteiger partial charge is 0.349 e. The molecule has 3 heteroatoms. The van der Waals surface area contributed by atoms with Crippen molar-refractivity contribution >= 4 is 16.8 Å². The van der Waals surface area contributed by atoms with Gasteiger partial charge in [0.05, 0.1) is 0 Å². The number of hydrogen-bond acceptors (Lipinski definition) is 1. The summed E-state index contributed by atoms with van der Waals surface area (Å²) in [6, 6.07) is 6.37. The van der Waals surface area contributed by atoms with Crippen molar-refractivity contribution in [1.29, 1.82) is 0 Å². The smallest absolute Gasteiger partial charge is 0.251 e. The van der Waals surface area contributed by atoms with Crippen molar-refractivity contribution in [2.45, 2.75) is 32.7 Å². The fourth-order valence-corrected chi connectivity index (χ4v) is 2.39. The molecule has 1 amide bonds. The molecule has 1 aromatic heterocycles. The fraction of sp³-hybridized carbons (Fsp3) is 0.400. The minimum atomic E-state index is 0.0558. The van der Waals surface area contributed by atoms with Gasteiger partial charge in [0.2, 0.25) is 0 Å². The van der Waals surface area contributed by atoms with E-state index in [-0.39, 0.29) is 5.91 Å². The van der Waals surface area contributed by atoms with Crippen LogP contribution in [-0.2, 0) is 7.05 Å². The van der Waals surface area contributed by atoms with Crippen LogP contribution in [0.5, 0.6) is 0 Å². The van der Waals surface area contributed by atoms with Gasteiger partial charge in [0, 0.05) is 35.2 Å². The van der Waals surface area contributed by atoms with Crippen LogP contribution in [0.25, 0.3) is 10.9 Å². The predicted molar refractivity (Wildman–Crippen MR) is 72.9 cm³/mol. The van der Waals surface area contributed by atoms with E-state index in [4.69, 9.17) is 0 Å². The lowest BCUT2D eigenvalue weighted by atomic mass is 10.1. The lowest BCUT2D eigenvalue weighted by Gasteiger charge is -2.04. The van der Waals surface area contributed by atoms with Gasteiger partial charge in [-0.15, -0.1) is 0 Å². The Hall–Kier alpha value is -1.77. The molecule has 1 heterocycles. The number of hydrogen-bond donors (Lipinski definition) is 1. The molecule has 0 unspecified atom stereocenters. The van der Waals surface area contributed by atoms with E-state index in [2.05, 4.69) is 30.8 Å². The standard InChI is InChI=1S/C15H18N2O/c1-9-10(2)17(3)14-7-4-11(8-13(9)14)15(18)16-12-5-6-12/h4,7-8,12H,5-6H2,1-3H3,(H,16,18). The highest BCUT2D eigenvalue weighted by molar-refractivity contribution is 5.99. The molecule has 94 valence electrons. The zero-order valence-electron chi connectivity index (χ0n) is 11.1. The number of aromatic nitrogens is 1. The second-order valence-electron chi connectivity index (χ2n) is 5.25. The molecule has 0 atom stereocenters. The summed E-state index contributed by atoms with van der Waals surface area (Å²) in [5.41, 5.74) is 4.47. The highest BCUT2D eigenvalue weighted by Crippen LogP contribution is 2.25. The first-order chi connectivity index (χ1) is 8.58. The Morgan fingerprint density at radius 2 is 2.06 bits per heavy atom. The summed E-state index contributed by atoms with van der Waals surface area (Å²) in [5, 5.41) is 4.21. The van der Waals surface area contributed by atoms with Crippen LogP contribution < -0.4 is 5.32 Å². The van der Waals surface area contributed by atoms with E-state index in [0.29, 0.717) is 6.04 Å². The molecule has 0 spiro atoms. The van der Waals surface area contributed by atoms with Crippen molar-refractivity contribution in [3.63, 3.8) is 0 Å². The zero-order chi connectivity index (χ0) is 12.9. The fourth-order valence-electron chi connectivity index (χ4n) is 2.39. The normalized spacial score (nSPS) is 15.1. The summed E-state index contributed by atoms with van der Waals surface area (Å²) < 4.78 is 2.17. The molecule has 18 heavy (non-hydrogen) atoms. The molecule has 0 saturated heterocycles. The maximum atomic E-state index is 12.0.